The maximum atomic E-state index is 13.4. The molecule has 38 heavy (non-hydrogen) atoms. The SMILES string of the molecule is C.CC.CC(Cc1ccc2c(-c3ccc(F)cc3Cl)cc(=O)oc2c1)C(=O)N1CCCCC1.CCOC=O. The number of fused-ring (bicyclic) bond motifs is 1. The van der Waals surface area contributed by atoms with Crippen LogP contribution < -0.4 is 5.63 Å². The van der Waals surface area contributed by atoms with Crippen LogP contribution in [0.15, 0.2) is 51.7 Å². The zero-order valence-electron chi connectivity index (χ0n) is 21.9. The van der Waals surface area contributed by atoms with Gasteiger partial charge in [-0.05, 0) is 62.4 Å². The second-order valence-corrected chi connectivity index (χ2v) is 8.88. The van der Waals surface area contributed by atoms with Crippen LogP contribution in [0.5, 0.6) is 0 Å². The molecule has 1 saturated heterocycles. The van der Waals surface area contributed by atoms with Crippen molar-refractivity contribution in [2.45, 2.75) is 60.8 Å². The van der Waals surface area contributed by atoms with Gasteiger partial charge in [0.2, 0.25) is 5.91 Å². The van der Waals surface area contributed by atoms with Crippen molar-refractivity contribution in [2.24, 2.45) is 5.92 Å². The highest BCUT2D eigenvalue weighted by Crippen LogP contribution is 2.33. The molecule has 208 valence electrons. The third kappa shape index (κ3) is 8.98. The van der Waals surface area contributed by atoms with E-state index in [0.29, 0.717) is 41.6 Å². The summed E-state index contributed by atoms with van der Waals surface area (Å²) in [6.45, 7) is 10.3. The van der Waals surface area contributed by atoms with Crippen LogP contribution in [0.1, 0.15) is 59.9 Å². The summed E-state index contributed by atoms with van der Waals surface area (Å²) in [5.41, 5.74) is 2.00. The van der Waals surface area contributed by atoms with Gasteiger partial charge in [-0.25, -0.2) is 9.18 Å². The first kappa shape index (κ1) is 32.8. The van der Waals surface area contributed by atoms with E-state index < -0.39 is 11.4 Å². The lowest BCUT2D eigenvalue weighted by atomic mass is 9.96. The van der Waals surface area contributed by atoms with E-state index in [1.54, 1.807) is 19.1 Å². The molecule has 0 bridgehead atoms. The molecule has 1 atom stereocenters. The van der Waals surface area contributed by atoms with Gasteiger partial charge in [0.15, 0.2) is 0 Å². The van der Waals surface area contributed by atoms with Gasteiger partial charge in [0.05, 0.1) is 11.6 Å². The summed E-state index contributed by atoms with van der Waals surface area (Å²) in [4.78, 5) is 36.0. The van der Waals surface area contributed by atoms with E-state index in [9.17, 15) is 18.8 Å². The van der Waals surface area contributed by atoms with E-state index >= 15 is 0 Å². The standard InChI is InChI=1S/C24H23ClFNO3.C3H6O2.C2H6.CH4/c1-15(24(29)27-9-3-2-4-10-27)11-16-5-7-19-20(14-23(28)30-22(19)12-16)18-8-6-17(26)13-21(18)25;1-2-5-3-4;1-2;/h5-8,12-15H,2-4,9-11H2,1H3;3H,2H2,1H3;1-2H3;1H4. The summed E-state index contributed by atoms with van der Waals surface area (Å²) < 4.78 is 23.0. The number of halogens is 2. The minimum absolute atomic E-state index is 0. The third-order valence-corrected chi connectivity index (χ3v) is 6.21. The Morgan fingerprint density at radius 3 is 2.37 bits per heavy atom. The minimum atomic E-state index is -0.507. The molecule has 2 aromatic carbocycles. The van der Waals surface area contributed by atoms with E-state index in [1.165, 1.54) is 24.6 Å². The van der Waals surface area contributed by atoms with Crippen LogP contribution in [0.25, 0.3) is 22.1 Å². The molecule has 2 heterocycles. The van der Waals surface area contributed by atoms with Crippen LogP contribution in [0.4, 0.5) is 4.39 Å². The summed E-state index contributed by atoms with van der Waals surface area (Å²) in [6, 6.07) is 11.0. The van der Waals surface area contributed by atoms with Crippen LogP contribution in [0, 0.1) is 11.7 Å². The Morgan fingerprint density at radius 2 is 1.79 bits per heavy atom. The molecule has 1 aliphatic rings. The molecule has 6 nitrogen and oxygen atoms in total. The number of likely N-dealkylation sites (tertiary alicyclic amines) is 1. The molecule has 0 radical (unpaired) electrons. The van der Waals surface area contributed by atoms with Gasteiger partial charge < -0.3 is 14.1 Å². The number of amides is 1. The monoisotopic (exact) mass is 547 g/mol. The lowest BCUT2D eigenvalue weighted by Crippen LogP contribution is -2.39. The van der Waals surface area contributed by atoms with Crippen molar-refractivity contribution in [1.29, 1.82) is 0 Å². The predicted octanol–water partition coefficient (Wildman–Crippen LogP) is 7.29. The number of piperidine rings is 1. The largest absolute Gasteiger partial charge is 0.468 e. The van der Waals surface area contributed by atoms with Crippen molar-refractivity contribution in [1.82, 2.24) is 4.90 Å². The highest BCUT2D eigenvalue weighted by Gasteiger charge is 2.22. The van der Waals surface area contributed by atoms with Crippen LogP contribution in [0.2, 0.25) is 5.02 Å². The molecule has 0 aliphatic carbocycles. The van der Waals surface area contributed by atoms with Crippen molar-refractivity contribution in [2.75, 3.05) is 19.7 Å². The second kappa shape index (κ2) is 16.6. The Labute approximate surface area is 229 Å². The molecule has 8 heteroatoms. The normalized spacial score (nSPS) is 13.2. The van der Waals surface area contributed by atoms with Crippen LogP contribution >= 0.6 is 11.6 Å². The zero-order chi connectivity index (χ0) is 27.4. The summed E-state index contributed by atoms with van der Waals surface area (Å²) in [6.07, 6.45) is 3.88. The average molecular weight is 548 g/mol. The number of ether oxygens (including phenoxy) is 1. The van der Waals surface area contributed by atoms with Crippen LogP contribution in [-0.2, 0) is 20.7 Å². The maximum Gasteiger partial charge on any atom is 0.336 e. The quantitative estimate of drug-likeness (QED) is 0.239. The number of carbonyl (C=O) groups is 2. The highest BCUT2D eigenvalue weighted by molar-refractivity contribution is 6.33. The smallest absolute Gasteiger partial charge is 0.336 e. The minimum Gasteiger partial charge on any atom is -0.468 e. The molecule has 4 rings (SSSR count). The van der Waals surface area contributed by atoms with Crippen molar-refractivity contribution >= 4 is 34.9 Å². The molecule has 0 N–H and O–H groups in total. The Morgan fingerprint density at radius 1 is 1.11 bits per heavy atom. The fraction of sp³-hybridized carbons (Fsp3) is 0.433. The fourth-order valence-electron chi connectivity index (χ4n) is 4.20. The molecular formula is C30H39ClFNO5. The lowest BCUT2D eigenvalue weighted by molar-refractivity contribution is -0.135. The first-order chi connectivity index (χ1) is 17.8. The summed E-state index contributed by atoms with van der Waals surface area (Å²) in [7, 11) is 0. The molecule has 1 aromatic heterocycles. The molecule has 0 saturated carbocycles. The number of rotatable bonds is 6. The first-order valence-electron chi connectivity index (χ1n) is 12.7. The predicted molar refractivity (Wildman–Crippen MR) is 152 cm³/mol. The molecule has 3 aromatic rings. The van der Waals surface area contributed by atoms with E-state index in [2.05, 4.69) is 4.74 Å². The van der Waals surface area contributed by atoms with Gasteiger partial charge in [-0.3, -0.25) is 9.59 Å². The Kier molecular flexibility index (Phi) is 14.4. The summed E-state index contributed by atoms with van der Waals surface area (Å²) >= 11 is 6.21. The number of hydrogen-bond donors (Lipinski definition) is 0. The molecule has 1 unspecified atom stereocenters. The maximum absolute atomic E-state index is 13.4. The number of nitrogens with zero attached hydrogens (tertiary/aromatic N) is 1. The molecule has 0 spiro atoms. The summed E-state index contributed by atoms with van der Waals surface area (Å²) in [5.74, 6) is -0.421. The van der Waals surface area contributed by atoms with Crippen molar-refractivity contribution < 1.29 is 23.1 Å². The van der Waals surface area contributed by atoms with Crippen LogP contribution in [0.3, 0.4) is 0 Å². The molecular weight excluding hydrogens is 509 g/mol. The van der Waals surface area contributed by atoms with Gasteiger partial charge >= 0.3 is 5.63 Å². The highest BCUT2D eigenvalue weighted by atomic mass is 35.5. The Hall–Kier alpha value is -3.19. The number of hydrogen-bond acceptors (Lipinski definition) is 5. The Bertz CT molecular complexity index is 1240. The molecule has 1 amide bonds. The van der Waals surface area contributed by atoms with Crippen molar-refractivity contribution in [3.8, 4) is 11.1 Å². The van der Waals surface area contributed by atoms with E-state index in [1.807, 2.05) is 37.8 Å². The number of carbonyl (C=O) groups excluding carboxylic acids is 2. The zero-order valence-corrected chi connectivity index (χ0v) is 22.6. The molecule has 1 fully saturated rings. The molecule has 1 aliphatic heterocycles. The lowest BCUT2D eigenvalue weighted by Gasteiger charge is -2.29. The Balaban J connectivity index is 0.000000812. The van der Waals surface area contributed by atoms with Gasteiger partial charge in [0.25, 0.3) is 6.47 Å². The van der Waals surface area contributed by atoms with Crippen molar-refractivity contribution in [3.63, 3.8) is 0 Å². The van der Waals surface area contributed by atoms with Gasteiger partial charge in [-0.15, -0.1) is 0 Å². The summed E-state index contributed by atoms with van der Waals surface area (Å²) in [5, 5.41) is 0.939. The van der Waals surface area contributed by atoms with Gasteiger partial charge in [0, 0.05) is 41.6 Å². The van der Waals surface area contributed by atoms with E-state index in [0.717, 1.165) is 31.5 Å². The first-order valence-corrected chi connectivity index (χ1v) is 13.1. The van der Waals surface area contributed by atoms with Gasteiger partial charge in [-0.1, -0.05) is 51.9 Å². The van der Waals surface area contributed by atoms with Crippen LogP contribution in [-0.4, -0.2) is 37.0 Å². The number of benzene rings is 2. The van der Waals surface area contributed by atoms with E-state index in [-0.39, 0.29) is 24.3 Å². The van der Waals surface area contributed by atoms with Gasteiger partial charge in [0.1, 0.15) is 11.4 Å². The van der Waals surface area contributed by atoms with Gasteiger partial charge in [-0.2, -0.15) is 0 Å². The fourth-order valence-corrected chi connectivity index (χ4v) is 4.47. The van der Waals surface area contributed by atoms with E-state index in [4.69, 9.17) is 16.0 Å². The topological polar surface area (TPSA) is 76.8 Å². The second-order valence-electron chi connectivity index (χ2n) is 8.48. The van der Waals surface area contributed by atoms with Crippen molar-refractivity contribution in [3.05, 3.63) is 69.3 Å². The third-order valence-electron chi connectivity index (χ3n) is 5.90. The average Bonchev–Trinajstić information content (AvgIpc) is 2.90.